The number of hydrogen-bond acceptors (Lipinski definition) is 8. The van der Waals surface area contributed by atoms with Crippen molar-refractivity contribution < 1.29 is 0 Å². The topological polar surface area (TPSA) is 64.5 Å². The molecule has 4 aromatic heterocycles. The van der Waals surface area contributed by atoms with E-state index in [0.29, 0.717) is 0 Å². The zero-order valence-electron chi connectivity index (χ0n) is 57.9. The molecule has 0 aliphatic carbocycles. The first-order chi connectivity index (χ1) is 51.1. The van der Waals surface area contributed by atoms with Crippen LogP contribution in [0, 0.1) is 27.7 Å². The molecule has 20 aromatic rings. The van der Waals surface area contributed by atoms with E-state index < -0.39 is 0 Å². The Morgan fingerprint density at radius 3 is 0.712 bits per heavy atom. The van der Waals surface area contributed by atoms with E-state index in [0.717, 1.165) is 91.5 Å². The van der Waals surface area contributed by atoms with E-state index in [9.17, 15) is 0 Å². The summed E-state index contributed by atoms with van der Waals surface area (Å²) in [5, 5.41) is 24.3. The van der Waals surface area contributed by atoms with Crippen molar-refractivity contribution in [2.75, 3.05) is 19.6 Å². The normalized spacial score (nSPS) is 11.7. The van der Waals surface area contributed by atoms with Gasteiger partial charge in [0.2, 0.25) is 0 Å². The third kappa shape index (κ3) is 11.0. The van der Waals surface area contributed by atoms with E-state index in [1.807, 2.05) is 26.0 Å². The van der Waals surface area contributed by atoms with Crippen LogP contribution < -0.4 is 19.6 Å². The molecule has 0 N–H and O–H groups in total. The Kier molecular flexibility index (Phi) is 14.9. The Labute approximate surface area is 602 Å². The van der Waals surface area contributed by atoms with Crippen LogP contribution in [0.4, 0.5) is 68.8 Å². The molecule has 0 radical (unpaired) electrons. The lowest BCUT2D eigenvalue weighted by molar-refractivity contribution is 1.13. The van der Waals surface area contributed by atoms with Crippen LogP contribution >= 0.6 is 0 Å². The SMILES string of the molecule is Cc1cccc(N(c2cc3ccc4cc(N(c5cccc(C)n5)c5cccc6ccccc56)cc5ccc(c2)c3c45)c2cccc3ccccc23)n1.Cc1cccc(N(c2ccc3ccccc3c2)c2cc3ccc4cc(N(c5ccc6ccccc6c5)c5cccc(C)n5)cc5ccc(c2)c3c45)n1. The molecule has 0 fully saturated rings. The molecule has 4 heterocycles. The van der Waals surface area contributed by atoms with E-state index in [2.05, 4.69) is 361 Å². The summed E-state index contributed by atoms with van der Waals surface area (Å²) in [6.07, 6.45) is 0. The van der Waals surface area contributed by atoms with E-state index in [1.54, 1.807) is 0 Å². The zero-order chi connectivity index (χ0) is 69.5. The summed E-state index contributed by atoms with van der Waals surface area (Å²) in [6.45, 7) is 8.20. The molecule has 492 valence electrons. The second kappa shape index (κ2) is 25.3. The lowest BCUT2D eigenvalue weighted by Gasteiger charge is -2.28. The number of nitrogens with zero attached hydrogens (tertiary/aromatic N) is 8. The molecule has 104 heavy (non-hydrogen) atoms. The van der Waals surface area contributed by atoms with Crippen molar-refractivity contribution in [1.82, 2.24) is 19.9 Å². The minimum Gasteiger partial charge on any atom is -0.295 e. The van der Waals surface area contributed by atoms with Gasteiger partial charge in [-0.2, -0.15) is 0 Å². The second-order valence-electron chi connectivity index (χ2n) is 27.3. The minimum atomic E-state index is 0.895. The Morgan fingerprint density at radius 1 is 0.173 bits per heavy atom. The largest absolute Gasteiger partial charge is 0.295 e. The molecule has 0 aliphatic heterocycles. The Hall–Kier alpha value is -13.6. The minimum absolute atomic E-state index is 0.895. The van der Waals surface area contributed by atoms with Gasteiger partial charge in [0.25, 0.3) is 0 Å². The number of aromatic nitrogens is 4. The second-order valence-corrected chi connectivity index (χ2v) is 27.3. The summed E-state index contributed by atoms with van der Waals surface area (Å²) >= 11 is 0. The first-order valence-corrected chi connectivity index (χ1v) is 35.5. The summed E-state index contributed by atoms with van der Waals surface area (Å²) < 4.78 is 0. The molecule has 16 aromatic carbocycles. The molecule has 8 heteroatoms. The van der Waals surface area contributed by atoms with Crippen LogP contribution in [0.25, 0.3) is 108 Å². The van der Waals surface area contributed by atoms with Gasteiger partial charge in [0, 0.05) is 67.7 Å². The fraction of sp³-hybridized carbons (Fsp3) is 0.0417. The van der Waals surface area contributed by atoms with Gasteiger partial charge in [0.15, 0.2) is 0 Å². The van der Waals surface area contributed by atoms with E-state index in [-0.39, 0.29) is 0 Å². The molecule has 0 unspecified atom stereocenters. The monoisotopic (exact) mass is 1330 g/mol. The van der Waals surface area contributed by atoms with E-state index in [1.165, 1.54) is 108 Å². The van der Waals surface area contributed by atoms with Crippen LogP contribution in [0.1, 0.15) is 22.8 Å². The van der Waals surface area contributed by atoms with Gasteiger partial charge < -0.3 is 0 Å². The quantitative estimate of drug-likeness (QED) is 0.112. The fourth-order valence-electron chi connectivity index (χ4n) is 15.8. The molecule has 0 amide bonds. The summed E-state index contributed by atoms with van der Waals surface area (Å²) in [5.74, 6) is 3.58. The number of rotatable bonds is 12. The number of benzene rings is 16. The third-order valence-electron chi connectivity index (χ3n) is 20.4. The van der Waals surface area contributed by atoms with Crippen molar-refractivity contribution >= 4 is 176 Å². The summed E-state index contributed by atoms with van der Waals surface area (Å²) in [7, 11) is 0. The highest BCUT2D eigenvalue weighted by Crippen LogP contribution is 2.49. The number of anilines is 12. The molecule has 0 saturated carbocycles. The van der Waals surface area contributed by atoms with Gasteiger partial charge in [-0.25, -0.2) is 19.9 Å². The molecule has 8 nitrogen and oxygen atoms in total. The van der Waals surface area contributed by atoms with Crippen molar-refractivity contribution in [1.29, 1.82) is 0 Å². The molecular formula is C96H68N8. The number of aryl methyl sites for hydroxylation is 4. The fourth-order valence-corrected chi connectivity index (χ4v) is 15.8. The maximum absolute atomic E-state index is 5.03. The highest BCUT2D eigenvalue weighted by Gasteiger charge is 2.25. The molecule has 0 aliphatic rings. The van der Waals surface area contributed by atoms with Crippen molar-refractivity contribution in [3.63, 3.8) is 0 Å². The van der Waals surface area contributed by atoms with Gasteiger partial charge >= 0.3 is 0 Å². The van der Waals surface area contributed by atoms with Crippen molar-refractivity contribution in [3.05, 3.63) is 362 Å². The first kappa shape index (κ1) is 61.5. The maximum atomic E-state index is 5.03. The molecule has 0 saturated heterocycles. The van der Waals surface area contributed by atoms with Gasteiger partial charge in [-0.1, -0.05) is 206 Å². The number of fused-ring (bicyclic) bond motifs is 4. The third-order valence-corrected chi connectivity index (χ3v) is 20.4. The van der Waals surface area contributed by atoms with Crippen molar-refractivity contribution in [3.8, 4) is 0 Å². The standard InChI is InChI=1S/2C48H34N4/c1-31-11-7-21-45(49-31)51(43-19-9-15-33-13-3-5-17-41(33)43)39-27-35-23-25-37-29-40(30-38-26-24-36(28-39)47(35)48(37)38)52(46-22-8-12-32(2)50-46)44-20-10-16-34-14-4-6-18-42(34)44;1-31-9-7-15-45(49-31)51(41-23-21-33-11-3-5-13-35(33)25-41)43-27-37-17-19-39-29-44(30-40-20-18-38(28-43)47(37)48(39)40)52(46-16-8-10-32(2)50-46)42-24-22-34-12-4-6-14-36(34)26-42/h2*3-30H,1-2H3. The van der Waals surface area contributed by atoms with E-state index >= 15 is 0 Å². The highest BCUT2D eigenvalue weighted by molar-refractivity contribution is 6.26. The van der Waals surface area contributed by atoms with Gasteiger partial charge in [0.1, 0.15) is 23.3 Å². The van der Waals surface area contributed by atoms with Gasteiger partial charge in [-0.15, -0.1) is 0 Å². The average molecular weight is 1330 g/mol. The van der Waals surface area contributed by atoms with Gasteiger partial charge in [-0.3, -0.25) is 19.6 Å². The van der Waals surface area contributed by atoms with Crippen LogP contribution in [0.5, 0.6) is 0 Å². The predicted octanol–water partition coefficient (Wildman–Crippen LogP) is 26.5. The van der Waals surface area contributed by atoms with Crippen LogP contribution in [0.2, 0.25) is 0 Å². The average Bonchev–Trinajstić information content (AvgIpc) is 0.730. The summed E-state index contributed by atoms with van der Waals surface area (Å²) in [5.41, 5.74) is 12.6. The summed E-state index contributed by atoms with van der Waals surface area (Å²) in [6, 6.07) is 122. The molecule has 20 rings (SSSR count). The van der Waals surface area contributed by atoms with Crippen LogP contribution in [0.3, 0.4) is 0 Å². The van der Waals surface area contributed by atoms with Gasteiger partial charge in [0.05, 0.1) is 11.4 Å². The smallest absolute Gasteiger partial charge is 0.137 e. The molecular weight excluding hydrogens is 1270 g/mol. The first-order valence-electron chi connectivity index (χ1n) is 35.5. The molecule has 0 bridgehead atoms. The van der Waals surface area contributed by atoms with Gasteiger partial charge in [-0.05, 0) is 258 Å². The van der Waals surface area contributed by atoms with Crippen molar-refractivity contribution in [2.24, 2.45) is 0 Å². The number of pyridine rings is 4. The lowest BCUT2D eigenvalue weighted by Crippen LogP contribution is -2.13. The van der Waals surface area contributed by atoms with Crippen LogP contribution in [0.15, 0.2) is 340 Å². The summed E-state index contributed by atoms with van der Waals surface area (Å²) in [4.78, 5) is 29.2. The Balaban J connectivity index is 0.000000143. The van der Waals surface area contributed by atoms with Crippen LogP contribution in [-0.2, 0) is 0 Å². The predicted molar refractivity (Wildman–Crippen MR) is 439 cm³/mol. The van der Waals surface area contributed by atoms with Crippen LogP contribution in [-0.4, -0.2) is 19.9 Å². The zero-order valence-corrected chi connectivity index (χ0v) is 57.9. The van der Waals surface area contributed by atoms with E-state index in [4.69, 9.17) is 19.9 Å². The maximum Gasteiger partial charge on any atom is 0.137 e. The lowest BCUT2D eigenvalue weighted by atomic mass is 9.92. The molecule has 0 atom stereocenters. The highest BCUT2D eigenvalue weighted by atomic mass is 15.2. The molecule has 0 spiro atoms. The van der Waals surface area contributed by atoms with Crippen molar-refractivity contribution in [2.45, 2.75) is 27.7 Å². The Bertz CT molecular complexity index is 6190. The number of hydrogen-bond donors (Lipinski definition) is 0. The Morgan fingerprint density at radius 2 is 0.404 bits per heavy atom.